The number of halogens is 2. The van der Waals surface area contributed by atoms with Gasteiger partial charge in [0.1, 0.15) is 21.7 Å². The first-order valence-corrected chi connectivity index (χ1v) is 6.44. The van der Waals surface area contributed by atoms with Crippen molar-refractivity contribution in [2.45, 2.75) is 6.42 Å². The number of anilines is 1. The Bertz CT molecular complexity index is 618. The van der Waals surface area contributed by atoms with Crippen molar-refractivity contribution >= 4 is 34.9 Å². The van der Waals surface area contributed by atoms with Gasteiger partial charge in [0.15, 0.2) is 0 Å². The highest BCUT2D eigenvalue weighted by molar-refractivity contribution is 6.32. The molecule has 0 bridgehead atoms. The minimum absolute atomic E-state index is 0.177. The van der Waals surface area contributed by atoms with Gasteiger partial charge in [-0.3, -0.25) is 4.79 Å². The number of amides is 1. The molecule has 20 heavy (non-hydrogen) atoms. The van der Waals surface area contributed by atoms with Gasteiger partial charge in [-0.15, -0.1) is 0 Å². The molecule has 2 rings (SSSR count). The molecule has 2 aromatic heterocycles. The Morgan fingerprint density at radius 1 is 1.30 bits per heavy atom. The molecule has 2 aromatic rings. The van der Waals surface area contributed by atoms with Gasteiger partial charge < -0.3 is 10.1 Å². The number of carbonyl (C=O) groups is 1. The van der Waals surface area contributed by atoms with E-state index in [4.69, 9.17) is 27.9 Å². The summed E-state index contributed by atoms with van der Waals surface area (Å²) < 4.78 is 5.05. The summed E-state index contributed by atoms with van der Waals surface area (Å²) in [5.41, 5.74) is 0.757. The molecule has 0 aliphatic rings. The number of hydrogen-bond donors (Lipinski definition) is 1. The fourth-order valence-electron chi connectivity index (χ4n) is 1.53. The van der Waals surface area contributed by atoms with Crippen LogP contribution in [0.15, 0.2) is 30.6 Å². The second kappa shape index (κ2) is 6.54. The van der Waals surface area contributed by atoms with Crippen LogP contribution >= 0.6 is 23.2 Å². The summed E-state index contributed by atoms with van der Waals surface area (Å²) in [6, 6.07) is 4.93. The van der Waals surface area contributed by atoms with Gasteiger partial charge in [-0.25, -0.2) is 9.97 Å². The van der Waals surface area contributed by atoms with Crippen molar-refractivity contribution in [1.82, 2.24) is 9.97 Å². The Balaban J connectivity index is 2.02. The van der Waals surface area contributed by atoms with Gasteiger partial charge in [0.25, 0.3) is 0 Å². The highest BCUT2D eigenvalue weighted by Gasteiger charge is 2.08. The second-order valence-corrected chi connectivity index (χ2v) is 4.71. The van der Waals surface area contributed by atoms with E-state index in [9.17, 15) is 4.79 Å². The molecule has 0 unspecified atom stereocenters. The molecule has 0 aliphatic heterocycles. The topological polar surface area (TPSA) is 64.1 Å². The van der Waals surface area contributed by atoms with Gasteiger partial charge in [0, 0.05) is 12.3 Å². The number of ether oxygens (including phenoxy) is 1. The van der Waals surface area contributed by atoms with Crippen LogP contribution in [0.25, 0.3) is 0 Å². The average molecular weight is 312 g/mol. The third-order valence-electron chi connectivity index (χ3n) is 2.46. The fraction of sp³-hybridized carbons (Fsp3) is 0.154. The lowest BCUT2D eigenvalue weighted by Crippen LogP contribution is -2.15. The van der Waals surface area contributed by atoms with Crippen molar-refractivity contribution in [1.29, 1.82) is 0 Å². The number of methoxy groups -OCH3 is 1. The van der Waals surface area contributed by atoms with Gasteiger partial charge >= 0.3 is 0 Å². The van der Waals surface area contributed by atoms with Crippen molar-refractivity contribution < 1.29 is 9.53 Å². The van der Waals surface area contributed by atoms with Crippen LogP contribution in [-0.4, -0.2) is 23.0 Å². The van der Waals surface area contributed by atoms with Crippen molar-refractivity contribution in [3.05, 3.63) is 46.3 Å². The first-order chi connectivity index (χ1) is 9.58. The molecule has 1 amide bonds. The summed E-state index contributed by atoms with van der Waals surface area (Å²) in [6.07, 6.45) is 3.15. The van der Waals surface area contributed by atoms with Crippen LogP contribution in [-0.2, 0) is 11.2 Å². The van der Waals surface area contributed by atoms with Crippen LogP contribution < -0.4 is 10.1 Å². The average Bonchev–Trinajstić information content (AvgIpc) is 2.43. The number of rotatable bonds is 4. The highest BCUT2D eigenvalue weighted by Crippen LogP contribution is 2.25. The zero-order valence-electron chi connectivity index (χ0n) is 10.6. The monoisotopic (exact) mass is 311 g/mol. The molecule has 5 nitrogen and oxygen atoms in total. The summed E-state index contributed by atoms with van der Waals surface area (Å²) in [5, 5.41) is 3.43. The maximum atomic E-state index is 11.9. The maximum absolute atomic E-state index is 11.9. The van der Waals surface area contributed by atoms with Crippen LogP contribution in [0, 0.1) is 0 Å². The Kier molecular flexibility index (Phi) is 4.76. The van der Waals surface area contributed by atoms with E-state index in [1.165, 1.54) is 13.3 Å². The fourth-order valence-corrected chi connectivity index (χ4v) is 1.82. The van der Waals surface area contributed by atoms with E-state index < -0.39 is 0 Å². The standard InChI is InChI=1S/C13H11Cl2N3O2/c1-20-10-5-12(17-7-9(10)14)18-13(19)4-8-2-3-11(15)16-6-8/h2-3,5-7H,4H2,1H3,(H,17,18,19). The maximum Gasteiger partial charge on any atom is 0.230 e. The summed E-state index contributed by atoms with van der Waals surface area (Å²) in [5.74, 6) is 0.606. The predicted molar refractivity (Wildman–Crippen MR) is 77.4 cm³/mol. The Morgan fingerprint density at radius 3 is 2.75 bits per heavy atom. The van der Waals surface area contributed by atoms with E-state index in [0.717, 1.165) is 5.56 Å². The predicted octanol–water partition coefficient (Wildman–Crippen LogP) is 2.97. The van der Waals surface area contributed by atoms with Crippen molar-refractivity contribution in [2.75, 3.05) is 12.4 Å². The van der Waals surface area contributed by atoms with Crippen molar-refractivity contribution in [3.8, 4) is 5.75 Å². The minimum atomic E-state index is -0.217. The van der Waals surface area contributed by atoms with E-state index >= 15 is 0 Å². The van der Waals surface area contributed by atoms with Gasteiger partial charge in [0.05, 0.1) is 19.7 Å². The van der Waals surface area contributed by atoms with E-state index in [1.54, 1.807) is 24.4 Å². The van der Waals surface area contributed by atoms with Gasteiger partial charge in [0.2, 0.25) is 5.91 Å². The molecule has 0 radical (unpaired) electrons. The largest absolute Gasteiger partial charge is 0.495 e. The van der Waals surface area contributed by atoms with Crippen molar-refractivity contribution in [3.63, 3.8) is 0 Å². The lowest BCUT2D eigenvalue weighted by Gasteiger charge is -2.07. The quantitative estimate of drug-likeness (QED) is 0.882. The zero-order valence-corrected chi connectivity index (χ0v) is 12.1. The summed E-state index contributed by atoms with van der Waals surface area (Å²) in [6.45, 7) is 0. The van der Waals surface area contributed by atoms with E-state index in [1.807, 2.05) is 0 Å². The number of nitrogens with one attached hydrogen (secondary N) is 1. The third kappa shape index (κ3) is 3.82. The van der Waals surface area contributed by atoms with Crippen LogP contribution in [0.3, 0.4) is 0 Å². The minimum Gasteiger partial charge on any atom is -0.495 e. The van der Waals surface area contributed by atoms with Crippen LogP contribution in [0.5, 0.6) is 5.75 Å². The van der Waals surface area contributed by atoms with E-state index in [-0.39, 0.29) is 12.3 Å². The van der Waals surface area contributed by atoms with Gasteiger partial charge in [-0.1, -0.05) is 29.3 Å². The molecule has 0 fully saturated rings. The summed E-state index contributed by atoms with van der Waals surface area (Å²) >= 11 is 11.5. The third-order valence-corrected chi connectivity index (χ3v) is 2.97. The molecule has 0 aromatic carbocycles. The normalized spacial score (nSPS) is 10.2. The molecular formula is C13H11Cl2N3O2. The van der Waals surface area contributed by atoms with Gasteiger partial charge in [-0.2, -0.15) is 0 Å². The van der Waals surface area contributed by atoms with E-state index in [0.29, 0.717) is 21.7 Å². The molecule has 104 valence electrons. The van der Waals surface area contributed by atoms with Crippen LogP contribution in [0.4, 0.5) is 5.82 Å². The zero-order chi connectivity index (χ0) is 14.5. The molecular weight excluding hydrogens is 301 g/mol. The second-order valence-electron chi connectivity index (χ2n) is 3.92. The van der Waals surface area contributed by atoms with Crippen LogP contribution in [0.2, 0.25) is 10.2 Å². The molecule has 2 heterocycles. The molecule has 0 spiro atoms. The Labute approximate surface area is 125 Å². The SMILES string of the molecule is COc1cc(NC(=O)Cc2ccc(Cl)nc2)ncc1Cl. The molecule has 0 saturated carbocycles. The Hall–Kier alpha value is -1.85. The summed E-state index contributed by atoms with van der Waals surface area (Å²) in [4.78, 5) is 19.8. The smallest absolute Gasteiger partial charge is 0.230 e. The molecule has 0 aliphatic carbocycles. The molecule has 0 atom stereocenters. The summed E-state index contributed by atoms with van der Waals surface area (Å²) in [7, 11) is 1.49. The Morgan fingerprint density at radius 2 is 2.10 bits per heavy atom. The lowest BCUT2D eigenvalue weighted by atomic mass is 10.2. The number of nitrogens with zero attached hydrogens (tertiary/aromatic N) is 2. The van der Waals surface area contributed by atoms with E-state index in [2.05, 4.69) is 15.3 Å². The van der Waals surface area contributed by atoms with Crippen LogP contribution in [0.1, 0.15) is 5.56 Å². The first kappa shape index (κ1) is 14.6. The lowest BCUT2D eigenvalue weighted by molar-refractivity contribution is -0.115. The number of hydrogen-bond acceptors (Lipinski definition) is 4. The number of carbonyl (C=O) groups excluding carboxylic acids is 1. The van der Waals surface area contributed by atoms with Crippen molar-refractivity contribution in [2.24, 2.45) is 0 Å². The molecule has 7 heteroatoms. The van der Waals surface area contributed by atoms with Gasteiger partial charge in [-0.05, 0) is 11.6 Å². The molecule has 0 saturated heterocycles. The first-order valence-electron chi connectivity index (χ1n) is 5.68. The number of aromatic nitrogens is 2. The molecule has 1 N–H and O–H groups in total. The highest BCUT2D eigenvalue weighted by atomic mass is 35.5. The number of pyridine rings is 2.